The Kier molecular flexibility index (Phi) is 10.1. The number of ether oxygens (including phenoxy) is 2. The number of benzene rings is 1. The van der Waals surface area contributed by atoms with Crippen LogP contribution in [-0.2, 0) is 42.4 Å². The normalized spacial score (nSPS) is 26.1. The number of aromatic nitrogens is 3. The van der Waals surface area contributed by atoms with E-state index in [1.54, 1.807) is 34.9 Å². The third-order valence-corrected chi connectivity index (χ3v) is 11.9. The number of amides is 2. The lowest BCUT2D eigenvalue weighted by molar-refractivity contribution is -0.146. The summed E-state index contributed by atoms with van der Waals surface area (Å²) in [4.78, 5) is 40.9. The van der Waals surface area contributed by atoms with Crippen LogP contribution >= 0.6 is 0 Å². The highest BCUT2D eigenvalue weighted by molar-refractivity contribution is 6.72. The van der Waals surface area contributed by atoms with Crippen molar-refractivity contribution in [1.82, 2.24) is 20.3 Å². The molecule has 3 N–H and O–H groups in total. The fourth-order valence-corrected chi connectivity index (χ4v) is 9.87. The smallest absolute Gasteiger partial charge is 0.305 e. The molecule has 12 nitrogen and oxygen atoms in total. The number of aliphatic hydroxyl groups is 1. The van der Waals surface area contributed by atoms with E-state index >= 15 is 4.11 Å². The molecule has 3 aliphatic rings. The summed E-state index contributed by atoms with van der Waals surface area (Å²) in [6, 6.07) is 5.16. The molecule has 246 valence electrons. The second-order valence-electron chi connectivity index (χ2n) is 12.9. The molecule has 2 saturated heterocycles. The third kappa shape index (κ3) is 6.69. The summed E-state index contributed by atoms with van der Waals surface area (Å²) in [6.07, 6.45) is 5.06. The fourth-order valence-electron chi connectivity index (χ4n) is 7.33. The molecule has 5 atom stereocenters. The molecule has 14 heteroatoms. The molecule has 0 aliphatic carbocycles. The number of nitrogens with one attached hydrogen (secondary N) is 2. The first-order valence-corrected chi connectivity index (χ1v) is 18.9. The molecule has 1 spiro atoms. The molecule has 3 aliphatic heterocycles. The van der Waals surface area contributed by atoms with Gasteiger partial charge in [-0.15, -0.1) is 5.10 Å². The summed E-state index contributed by atoms with van der Waals surface area (Å²) >= 11 is 0. The number of fused-ring (bicyclic) bond motifs is 2. The van der Waals surface area contributed by atoms with Crippen molar-refractivity contribution in [2.24, 2.45) is 5.92 Å². The van der Waals surface area contributed by atoms with Gasteiger partial charge in [-0.1, -0.05) is 12.1 Å². The van der Waals surface area contributed by atoms with Gasteiger partial charge in [-0.3, -0.25) is 19.1 Å². The number of hydrogen-bond donors (Lipinski definition) is 3. The number of esters is 1. The minimum atomic E-state index is -3.37. The number of aryl methyl sites for hydroxylation is 1. The highest BCUT2D eigenvalue weighted by Crippen LogP contribution is 2.60. The quantitative estimate of drug-likeness (QED) is 0.130. The number of carbonyl (C=O) groups excluding carboxylic acids is 3. The van der Waals surface area contributed by atoms with Crippen molar-refractivity contribution in [2.45, 2.75) is 94.8 Å². The number of halogens is 1. The predicted octanol–water partition coefficient (Wildman–Crippen LogP) is 3.06. The molecule has 2 fully saturated rings. The van der Waals surface area contributed by atoms with Crippen molar-refractivity contribution < 1.29 is 33.1 Å². The van der Waals surface area contributed by atoms with Crippen molar-refractivity contribution in [3.05, 3.63) is 35.7 Å². The van der Waals surface area contributed by atoms with E-state index in [2.05, 4.69) is 20.9 Å². The predicted molar refractivity (Wildman–Crippen MR) is 168 cm³/mol. The van der Waals surface area contributed by atoms with Crippen molar-refractivity contribution in [2.75, 3.05) is 37.0 Å². The first-order valence-electron chi connectivity index (χ1n) is 15.9. The summed E-state index contributed by atoms with van der Waals surface area (Å²) in [5.41, 5.74) is 0.594. The summed E-state index contributed by atoms with van der Waals surface area (Å²) in [5.74, 6) is -1.17. The second-order valence-corrected chi connectivity index (χ2v) is 16.7. The molecule has 1 aromatic heterocycles. The van der Waals surface area contributed by atoms with Crippen LogP contribution in [0.1, 0.15) is 56.7 Å². The molecular formula is C31H45FN6O6Si. The van der Waals surface area contributed by atoms with Crippen LogP contribution in [0.2, 0.25) is 18.6 Å². The number of anilines is 2. The summed E-state index contributed by atoms with van der Waals surface area (Å²) in [6.45, 7) is 6.76. The van der Waals surface area contributed by atoms with Crippen LogP contribution in [0.15, 0.2) is 24.4 Å². The van der Waals surface area contributed by atoms with Crippen LogP contribution < -0.4 is 15.5 Å². The monoisotopic (exact) mass is 644 g/mol. The van der Waals surface area contributed by atoms with Crippen LogP contribution in [-0.4, -0.2) is 85.2 Å². The number of unbranched alkanes of at least 4 members (excludes halogenated alkanes) is 1. The largest absolute Gasteiger partial charge is 0.469 e. The summed E-state index contributed by atoms with van der Waals surface area (Å²) in [5, 5.41) is 23.7. The van der Waals surface area contributed by atoms with Gasteiger partial charge >= 0.3 is 5.97 Å². The van der Waals surface area contributed by atoms with Gasteiger partial charge in [0.25, 0.3) is 5.91 Å². The van der Waals surface area contributed by atoms with Crippen LogP contribution in [0.25, 0.3) is 0 Å². The lowest BCUT2D eigenvalue weighted by Crippen LogP contribution is -2.45. The molecule has 0 radical (unpaired) electrons. The molecule has 0 unspecified atom stereocenters. The van der Waals surface area contributed by atoms with Gasteiger partial charge in [0.1, 0.15) is 0 Å². The Morgan fingerprint density at radius 2 is 2.09 bits per heavy atom. The van der Waals surface area contributed by atoms with Crippen LogP contribution in [0.5, 0.6) is 0 Å². The molecule has 1 aromatic carbocycles. The number of aliphatic hydroxyl groups excluding tert-OH is 1. The Balaban J connectivity index is 1.46. The van der Waals surface area contributed by atoms with E-state index < -0.39 is 31.6 Å². The van der Waals surface area contributed by atoms with Crippen LogP contribution in [0.4, 0.5) is 15.5 Å². The van der Waals surface area contributed by atoms with E-state index in [1.807, 2.05) is 19.1 Å². The van der Waals surface area contributed by atoms with E-state index in [-0.39, 0.29) is 36.9 Å². The number of methoxy groups -OCH3 is 1. The van der Waals surface area contributed by atoms with E-state index in [1.165, 1.54) is 7.11 Å². The fraction of sp³-hybridized carbons (Fsp3) is 0.645. The highest BCUT2D eigenvalue weighted by atomic mass is 28.4. The molecule has 0 saturated carbocycles. The van der Waals surface area contributed by atoms with E-state index in [4.69, 9.17) is 9.47 Å². The molecule has 2 aromatic rings. The number of carbonyl (C=O) groups is 3. The average Bonchev–Trinajstić information content (AvgIpc) is 3.78. The van der Waals surface area contributed by atoms with E-state index in [9.17, 15) is 19.5 Å². The van der Waals surface area contributed by atoms with Gasteiger partial charge in [0, 0.05) is 61.4 Å². The zero-order valence-electron chi connectivity index (χ0n) is 26.6. The van der Waals surface area contributed by atoms with Gasteiger partial charge < -0.3 is 34.2 Å². The standard InChI is InChI=1S/C31H45FN6O6Si/c1-20-28(45(3,4)32)26(12-16-37-19-22(13-17-39)35-36-37)44-31(20)23-18-21(34-29(41)24-8-7-14-33-24)10-11-25(23)38(30(31)42)15-6-5-9-27(40)43-2/h10-11,18-20,24,26,28,33,39H,5-9,12-17H2,1-4H3,(H,34,41)/t20-,24-,26+,28-,31+/m1/s1. The maximum atomic E-state index is 16.2. The van der Waals surface area contributed by atoms with Crippen molar-refractivity contribution in [3.8, 4) is 0 Å². The Labute approximate surface area is 264 Å². The molecule has 45 heavy (non-hydrogen) atoms. The molecular weight excluding hydrogens is 599 g/mol. The topological polar surface area (TPSA) is 148 Å². The third-order valence-electron chi connectivity index (χ3n) is 9.44. The molecule has 2 amide bonds. The zero-order chi connectivity index (χ0) is 32.4. The Bertz CT molecular complexity index is 1390. The van der Waals surface area contributed by atoms with Gasteiger partial charge in [-0.2, -0.15) is 0 Å². The van der Waals surface area contributed by atoms with E-state index in [0.29, 0.717) is 61.4 Å². The maximum absolute atomic E-state index is 16.2. The van der Waals surface area contributed by atoms with Gasteiger partial charge in [0.15, 0.2) is 5.60 Å². The number of rotatable bonds is 13. The maximum Gasteiger partial charge on any atom is 0.305 e. The van der Waals surface area contributed by atoms with Gasteiger partial charge in [-0.05, 0) is 69.9 Å². The highest BCUT2D eigenvalue weighted by Gasteiger charge is 2.66. The molecule has 4 heterocycles. The molecule has 0 bridgehead atoms. The van der Waals surface area contributed by atoms with Crippen molar-refractivity contribution >= 4 is 37.6 Å². The Hall–Kier alpha value is -3.20. The summed E-state index contributed by atoms with van der Waals surface area (Å²) < 4.78 is 29.5. The van der Waals surface area contributed by atoms with E-state index in [0.717, 1.165) is 19.4 Å². The van der Waals surface area contributed by atoms with Gasteiger partial charge in [-0.25, -0.2) is 0 Å². The SMILES string of the molecule is COC(=O)CCCCN1C(=O)[C@@]2(O[C@@H](CCn3cc(CCO)nn3)[C@H]([Si](C)(C)F)[C@H]2C)c2cc(NC(=O)[C@H]3CCCN3)ccc21. The van der Waals surface area contributed by atoms with Crippen LogP contribution in [0, 0.1) is 5.92 Å². The Morgan fingerprint density at radius 3 is 2.78 bits per heavy atom. The minimum absolute atomic E-state index is 0.0332. The number of nitrogens with zero attached hydrogens (tertiary/aromatic N) is 4. The van der Waals surface area contributed by atoms with Crippen molar-refractivity contribution in [1.29, 1.82) is 0 Å². The second kappa shape index (κ2) is 13.7. The summed E-state index contributed by atoms with van der Waals surface area (Å²) in [7, 11) is -2.02. The van der Waals surface area contributed by atoms with Gasteiger partial charge in [0.2, 0.25) is 14.3 Å². The lowest BCUT2D eigenvalue weighted by atomic mass is 9.82. The van der Waals surface area contributed by atoms with Crippen molar-refractivity contribution in [3.63, 3.8) is 0 Å². The number of hydrogen-bond acceptors (Lipinski definition) is 9. The first-order chi connectivity index (χ1) is 21.5. The molecule has 5 rings (SSSR count). The average molecular weight is 645 g/mol. The van der Waals surface area contributed by atoms with Gasteiger partial charge in [0.05, 0.1) is 30.6 Å². The Morgan fingerprint density at radius 1 is 1.29 bits per heavy atom. The van der Waals surface area contributed by atoms with Crippen LogP contribution in [0.3, 0.4) is 0 Å². The zero-order valence-corrected chi connectivity index (χ0v) is 27.6. The first kappa shape index (κ1) is 33.2. The minimum Gasteiger partial charge on any atom is -0.469 e. The lowest BCUT2D eigenvalue weighted by Gasteiger charge is -2.31.